The minimum Gasteiger partial charge on any atom is -0.454 e. The lowest BCUT2D eigenvalue weighted by atomic mass is 9.93. The molecule has 0 aromatic heterocycles. The molecule has 1 heterocycles. The third-order valence-corrected chi connectivity index (χ3v) is 6.35. The van der Waals surface area contributed by atoms with Crippen LogP contribution in [0.15, 0.2) is 60.7 Å². The van der Waals surface area contributed by atoms with Gasteiger partial charge in [-0.25, -0.2) is 0 Å². The molecule has 32 heavy (non-hydrogen) atoms. The predicted octanol–water partition coefficient (Wildman–Crippen LogP) is 4.42. The Bertz CT molecular complexity index is 1230. The summed E-state index contributed by atoms with van der Waals surface area (Å²) in [5.41, 5.74) is 4.63. The first-order chi connectivity index (χ1) is 15.5. The van der Waals surface area contributed by atoms with Gasteiger partial charge in [-0.15, -0.1) is 0 Å². The highest BCUT2D eigenvalue weighted by Crippen LogP contribution is 2.51. The highest BCUT2D eigenvalue weighted by Gasteiger charge is 2.51. The zero-order valence-corrected chi connectivity index (χ0v) is 18.0. The van der Waals surface area contributed by atoms with E-state index in [0.29, 0.717) is 17.1 Å². The van der Waals surface area contributed by atoms with Crippen molar-refractivity contribution in [1.29, 1.82) is 0 Å². The Morgan fingerprint density at radius 2 is 1.72 bits per heavy atom. The first-order valence-electron chi connectivity index (χ1n) is 10.7. The van der Waals surface area contributed by atoms with Crippen molar-refractivity contribution >= 4 is 17.5 Å². The Morgan fingerprint density at radius 1 is 0.938 bits per heavy atom. The molecular formula is C26H24N2O4. The molecule has 2 amide bonds. The molecule has 2 aliphatic rings. The number of rotatable bonds is 5. The summed E-state index contributed by atoms with van der Waals surface area (Å²) >= 11 is 0. The number of benzene rings is 3. The summed E-state index contributed by atoms with van der Waals surface area (Å²) in [7, 11) is 1.62. The van der Waals surface area contributed by atoms with Gasteiger partial charge in [0, 0.05) is 18.3 Å². The van der Waals surface area contributed by atoms with E-state index in [2.05, 4.69) is 10.6 Å². The fourth-order valence-corrected chi connectivity index (χ4v) is 4.26. The van der Waals surface area contributed by atoms with Crippen molar-refractivity contribution in [2.24, 2.45) is 0 Å². The van der Waals surface area contributed by atoms with Crippen LogP contribution in [0.25, 0.3) is 11.1 Å². The molecule has 1 aliphatic heterocycles. The van der Waals surface area contributed by atoms with Crippen LogP contribution in [0.4, 0.5) is 5.69 Å². The van der Waals surface area contributed by atoms with Gasteiger partial charge < -0.3 is 20.1 Å². The summed E-state index contributed by atoms with van der Waals surface area (Å²) in [5, 5.41) is 5.80. The predicted molar refractivity (Wildman–Crippen MR) is 122 cm³/mol. The van der Waals surface area contributed by atoms with Crippen LogP contribution in [0.1, 0.15) is 34.3 Å². The molecule has 0 spiro atoms. The molecule has 6 nitrogen and oxygen atoms in total. The number of carbonyl (C=O) groups excluding carboxylic acids is 2. The molecular weight excluding hydrogens is 404 g/mol. The number of hydrogen-bond donors (Lipinski definition) is 2. The smallest absolute Gasteiger partial charge is 0.251 e. The molecule has 0 saturated heterocycles. The lowest BCUT2D eigenvalue weighted by Gasteiger charge is -2.19. The zero-order valence-electron chi connectivity index (χ0n) is 18.0. The summed E-state index contributed by atoms with van der Waals surface area (Å²) in [4.78, 5) is 25.4. The van der Waals surface area contributed by atoms with E-state index in [0.717, 1.165) is 40.8 Å². The van der Waals surface area contributed by atoms with Gasteiger partial charge in [-0.2, -0.15) is 0 Å². The molecule has 5 rings (SSSR count). The molecule has 3 aromatic carbocycles. The van der Waals surface area contributed by atoms with Gasteiger partial charge in [0.05, 0.1) is 5.41 Å². The van der Waals surface area contributed by atoms with Crippen LogP contribution in [0.5, 0.6) is 11.5 Å². The lowest BCUT2D eigenvalue weighted by Crippen LogP contribution is -2.28. The maximum Gasteiger partial charge on any atom is 0.251 e. The molecule has 3 aromatic rings. The van der Waals surface area contributed by atoms with Crippen molar-refractivity contribution in [3.05, 3.63) is 77.4 Å². The van der Waals surface area contributed by atoms with Crippen LogP contribution in [-0.2, 0) is 10.2 Å². The number of anilines is 1. The van der Waals surface area contributed by atoms with Crippen LogP contribution < -0.4 is 20.1 Å². The van der Waals surface area contributed by atoms with Crippen LogP contribution in [0.3, 0.4) is 0 Å². The topological polar surface area (TPSA) is 76.7 Å². The largest absolute Gasteiger partial charge is 0.454 e. The third-order valence-electron chi connectivity index (χ3n) is 6.35. The Balaban J connectivity index is 1.42. The first kappa shape index (κ1) is 20.1. The summed E-state index contributed by atoms with van der Waals surface area (Å²) in [6.07, 6.45) is 1.59. The number of amides is 2. The summed E-state index contributed by atoms with van der Waals surface area (Å²) in [5.74, 6) is 1.26. The van der Waals surface area contributed by atoms with Crippen molar-refractivity contribution in [2.45, 2.75) is 25.2 Å². The summed E-state index contributed by atoms with van der Waals surface area (Å²) in [6, 6.07) is 19.1. The minimum absolute atomic E-state index is 0.0178. The first-order valence-corrected chi connectivity index (χ1v) is 10.7. The Morgan fingerprint density at radius 3 is 2.50 bits per heavy atom. The highest BCUT2D eigenvalue weighted by molar-refractivity contribution is 6.02. The van der Waals surface area contributed by atoms with E-state index in [9.17, 15) is 9.59 Å². The number of nitrogens with one attached hydrogen (secondary N) is 2. The minimum atomic E-state index is -0.539. The fraction of sp³-hybridized carbons (Fsp3) is 0.231. The normalized spacial score (nSPS) is 15.2. The van der Waals surface area contributed by atoms with Crippen molar-refractivity contribution in [3.63, 3.8) is 0 Å². The Labute approximate surface area is 186 Å². The van der Waals surface area contributed by atoms with Crippen LogP contribution in [0, 0.1) is 6.92 Å². The Kier molecular flexibility index (Phi) is 4.85. The Hall–Kier alpha value is -3.80. The molecule has 1 saturated carbocycles. The maximum atomic E-state index is 13.3. The summed E-state index contributed by atoms with van der Waals surface area (Å²) in [6.45, 7) is 2.20. The molecule has 1 fully saturated rings. The zero-order chi connectivity index (χ0) is 22.3. The van der Waals surface area contributed by atoms with E-state index in [4.69, 9.17) is 9.47 Å². The lowest BCUT2D eigenvalue weighted by molar-refractivity contribution is -0.118. The van der Waals surface area contributed by atoms with Gasteiger partial charge in [0.2, 0.25) is 12.7 Å². The van der Waals surface area contributed by atoms with Gasteiger partial charge >= 0.3 is 0 Å². The van der Waals surface area contributed by atoms with Crippen molar-refractivity contribution in [1.82, 2.24) is 5.32 Å². The quantitative estimate of drug-likeness (QED) is 0.631. The number of hydrogen-bond acceptors (Lipinski definition) is 4. The standard InChI is InChI=1S/C26H24N2O4/c1-16-20(17-5-3-6-18(13-17)24(29)27-2)7-4-8-21(16)28-25(30)26(11-12-26)19-9-10-22-23(14-19)32-15-31-22/h3-10,13-14H,11-12,15H2,1-2H3,(H,27,29)(H,28,30). The van der Waals surface area contributed by atoms with Gasteiger partial charge in [-0.3, -0.25) is 9.59 Å². The SMILES string of the molecule is CNC(=O)c1cccc(-c2cccc(NC(=O)C3(c4ccc5c(c4)OCO5)CC3)c2C)c1. The van der Waals surface area contributed by atoms with E-state index in [-0.39, 0.29) is 18.6 Å². The molecule has 0 atom stereocenters. The second-order valence-corrected chi connectivity index (χ2v) is 8.24. The average Bonchev–Trinajstić information content (AvgIpc) is 3.50. The van der Waals surface area contributed by atoms with Gasteiger partial charge in [0.25, 0.3) is 5.91 Å². The summed E-state index contributed by atoms with van der Waals surface area (Å²) < 4.78 is 10.9. The van der Waals surface area contributed by atoms with Crippen molar-refractivity contribution in [2.75, 3.05) is 19.2 Å². The van der Waals surface area contributed by atoms with Gasteiger partial charge in [0.1, 0.15) is 0 Å². The van der Waals surface area contributed by atoms with E-state index >= 15 is 0 Å². The number of carbonyl (C=O) groups is 2. The molecule has 2 N–H and O–H groups in total. The van der Waals surface area contributed by atoms with Gasteiger partial charge in [-0.05, 0) is 72.4 Å². The number of fused-ring (bicyclic) bond motifs is 1. The molecule has 0 unspecified atom stereocenters. The van der Waals surface area contributed by atoms with Gasteiger partial charge in [-0.1, -0.05) is 30.3 Å². The average molecular weight is 428 g/mol. The van der Waals surface area contributed by atoms with Crippen LogP contribution in [-0.4, -0.2) is 25.7 Å². The molecule has 162 valence electrons. The van der Waals surface area contributed by atoms with E-state index < -0.39 is 5.41 Å². The molecule has 6 heteroatoms. The molecule has 0 radical (unpaired) electrons. The monoisotopic (exact) mass is 428 g/mol. The molecule has 1 aliphatic carbocycles. The van der Waals surface area contributed by atoms with E-state index in [1.54, 1.807) is 13.1 Å². The second-order valence-electron chi connectivity index (χ2n) is 8.24. The van der Waals surface area contributed by atoms with Crippen molar-refractivity contribution in [3.8, 4) is 22.6 Å². The number of ether oxygens (including phenoxy) is 2. The van der Waals surface area contributed by atoms with E-state index in [1.807, 2.05) is 61.5 Å². The fourth-order valence-electron chi connectivity index (χ4n) is 4.26. The third kappa shape index (κ3) is 3.38. The molecule has 0 bridgehead atoms. The second kappa shape index (κ2) is 7.71. The van der Waals surface area contributed by atoms with E-state index in [1.165, 1.54) is 0 Å². The van der Waals surface area contributed by atoms with Crippen LogP contribution >= 0.6 is 0 Å². The van der Waals surface area contributed by atoms with Crippen molar-refractivity contribution < 1.29 is 19.1 Å². The highest BCUT2D eigenvalue weighted by atomic mass is 16.7. The van der Waals surface area contributed by atoms with Gasteiger partial charge in [0.15, 0.2) is 11.5 Å². The maximum absolute atomic E-state index is 13.3. The van der Waals surface area contributed by atoms with Crippen LogP contribution in [0.2, 0.25) is 0 Å².